The van der Waals surface area contributed by atoms with E-state index in [-0.39, 0.29) is 12.3 Å². The molecule has 1 aliphatic rings. The maximum absolute atomic E-state index is 6.53. The van der Waals surface area contributed by atoms with Crippen LogP contribution in [0.5, 0.6) is 0 Å². The number of fused-ring (bicyclic) bond motifs is 6. The van der Waals surface area contributed by atoms with Crippen LogP contribution >= 0.6 is 11.3 Å². The Balaban J connectivity index is 1.11. The van der Waals surface area contributed by atoms with Crippen LogP contribution in [0.15, 0.2) is 173 Å². The van der Waals surface area contributed by atoms with Gasteiger partial charge in [0.05, 0.1) is 0 Å². The van der Waals surface area contributed by atoms with E-state index in [9.17, 15) is 0 Å². The average Bonchev–Trinajstić information content (AvgIpc) is 3.77. The van der Waals surface area contributed by atoms with E-state index in [1.165, 1.54) is 48.0 Å². The SMILES string of the molecule is c1ccc(-c2cccc(C3N=C(c4ccc5c(c4)oc4cccc(-c6ccccc6)c45)NC(c4cccc5c4sc4ccccc45)N3)c2)cc1. The van der Waals surface area contributed by atoms with Gasteiger partial charge in [-0.2, -0.15) is 0 Å². The van der Waals surface area contributed by atoms with Crippen molar-refractivity contribution in [2.24, 2.45) is 4.99 Å². The van der Waals surface area contributed by atoms with Crippen molar-refractivity contribution in [2.75, 3.05) is 0 Å². The highest BCUT2D eigenvalue weighted by Crippen LogP contribution is 2.40. The molecule has 0 fully saturated rings. The molecular weight excluding hydrogens is 631 g/mol. The van der Waals surface area contributed by atoms with Crippen molar-refractivity contribution in [1.29, 1.82) is 0 Å². The molecule has 2 N–H and O–H groups in total. The molecule has 10 rings (SSSR count). The maximum atomic E-state index is 6.53. The summed E-state index contributed by atoms with van der Waals surface area (Å²) in [5.74, 6) is 0.826. The summed E-state index contributed by atoms with van der Waals surface area (Å²) in [6.45, 7) is 0. The first-order valence-electron chi connectivity index (χ1n) is 16.9. The van der Waals surface area contributed by atoms with Crippen LogP contribution in [-0.2, 0) is 0 Å². The molecule has 1 aliphatic heterocycles. The third-order valence-electron chi connectivity index (χ3n) is 9.77. The highest BCUT2D eigenvalue weighted by atomic mass is 32.1. The van der Waals surface area contributed by atoms with Gasteiger partial charge < -0.3 is 9.73 Å². The largest absolute Gasteiger partial charge is 0.456 e. The quantitative estimate of drug-likeness (QED) is 0.193. The third-order valence-corrected chi connectivity index (χ3v) is 11.0. The molecule has 238 valence electrons. The lowest BCUT2D eigenvalue weighted by atomic mass is 9.98. The first-order valence-corrected chi connectivity index (χ1v) is 17.8. The smallest absolute Gasteiger partial charge is 0.136 e. The van der Waals surface area contributed by atoms with Crippen LogP contribution in [0.4, 0.5) is 0 Å². The van der Waals surface area contributed by atoms with E-state index in [2.05, 4.69) is 174 Å². The first kappa shape index (κ1) is 29.0. The molecule has 0 aliphatic carbocycles. The Morgan fingerprint density at radius 2 is 1.28 bits per heavy atom. The van der Waals surface area contributed by atoms with E-state index >= 15 is 0 Å². The fourth-order valence-corrected chi connectivity index (χ4v) is 8.63. The average molecular weight is 662 g/mol. The minimum absolute atomic E-state index is 0.180. The van der Waals surface area contributed by atoms with Gasteiger partial charge in [0, 0.05) is 42.1 Å². The molecule has 2 aromatic heterocycles. The second kappa shape index (κ2) is 11.8. The number of amidine groups is 1. The zero-order valence-electron chi connectivity index (χ0n) is 27.0. The van der Waals surface area contributed by atoms with Crippen molar-refractivity contribution in [2.45, 2.75) is 12.3 Å². The Morgan fingerprint density at radius 1 is 0.540 bits per heavy atom. The summed E-state index contributed by atoms with van der Waals surface area (Å²) >= 11 is 1.84. The summed E-state index contributed by atoms with van der Waals surface area (Å²) in [7, 11) is 0. The molecule has 2 unspecified atom stereocenters. The van der Waals surface area contributed by atoms with Crippen LogP contribution in [0.2, 0.25) is 0 Å². The van der Waals surface area contributed by atoms with Crippen molar-refractivity contribution in [3.05, 3.63) is 180 Å². The molecule has 9 aromatic rings. The maximum Gasteiger partial charge on any atom is 0.136 e. The van der Waals surface area contributed by atoms with Gasteiger partial charge in [-0.05, 0) is 58.1 Å². The lowest BCUT2D eigenvalue weighted by molar-refractivity contribution is 0.411. The van der Waals surface area contributed by atoms with Crippen LogP contribution in [0.25, 0.3) is 64.4 Å². The number of thiophene rings is 1. The van der Waals surface area contributed by atoms with Gasteiger partial charge in [-0.1, -0.05) is 133 Å². The fourth-order valence-electron chi connectivity index (χ4n) is 7.38. The van der Waals surface area contributed by atoms with Crippen LogP contribution in [0, 0.1) is 0 Å². The summed E-state index contributed by atoms with van der Waals surface area (Å²) < 4.78 is 9.09. The zero-order chi connectivity index (χ0) is 33.0. The number of aliphatic imine (C=N–C) groups is 1. The minimum atomic E-state index is -0.277. The van der Waals surface area contributed by atoms with Crippen molar-refractivity contribution in [1.82, 2.24) is 10.6 Å². The van der Waals surface area contributed by atoms with E-state index in [0.29, 0.717) is 0 Å². The van der Waals surface area contributed by atoms with Gasteiger partial charge in [0.1, 0.15) is 29.3 Å². The number of hydrogen-bond donors (Lipinski definition) is 2. The zero-order valence-corrected chi connectivity index (χ0v) is 27.8. The Bertz CT molecular complexity index is 2730. The second-order valence-electron chi connectivity index (χ2n) is 12.8. The molecule has 0 spiro atoms. The monoisotopic (exact) mass is 661 g/mol. The van der Waals surface area contributed by atoms with Crippen molar-refractivity contribution in [3.8, 4) is 22.3 Å². The van der Waals surface area contributed by atoms with Gasteiger partial charge in [-0.25, -0.2) is 4.99 Å². The Morgan fingerprint density at radius 3 is 2.16 bits per heavy atom. The highest BCUT2D eigenvalue weighted by molar-refractivity contribution is 7.26. The van der Waals surface area contributed by atoms with Crippen molar-refractivity contribution < 1.29 is 4.42 Å². The molecule has 0 amide bonds. The lowest BCUT2D eigenvalue weighted by Gasteiger charge is -2.32. The van der Waals surface area contributed by atoms with Crippen molar-refractivity contribution >= 4 is 59.3 Å². The standard InChI is InChI=1S/C45H31N3OS/c1-3-12-28(13-4-1)30-16-9-17-31(26-30)43-46-44(48-45(47-43)37-21-10-20-35-34-18-7-8-23-40(34)50-42(35)37)32-24-25-36-39(27-32)49-38-22-11-19-33(41(36)38)29-14-5-2-6-15-29/h1-27,43,45,47H,(H,46,48). The summed E-state index contributed by atoms with van der Waals surface area (Å²) in [6.07, 6.45) is -0.457. The number of furan rings is 1. The van der Waals surface area contributed by atoms with Crippen LogP contribution in [0.3, 0.4) is 0 Å². The Kier molecular flexibility index (Phi) is 6.86. The van der Waals surface area contributed by atoms with E-state index in [1.807, 2.05) is 11.3 Å². The summed E-state index contributed by atoms with van der Waals surface area (Å²) in [5.41, 5.74) is 9.71. The van der Waals surface area contributed by atoms with Crippen LogP contribution < -0.4 is 10.6 Å². The molecule has 0 saturated carbocycles. The molecule has 3 heterocycles. The van der Waals surface area contributed by atoms with Gasteiger partial charge in [-0.15, -0.1) is 11.3 Å². The molecule has 4 nitrogen and oxygen atoms in total. The van der Waals surface area contributed by atoms with Gasteiger partial charge in [-0.3, -0.25) is 5.32 Å². The molecule has 2 atom stereocenters. The number of nitrogens with one attached hydrogen (secondary N) is 2. The Labute approximate surface area is 293 Å². The fraction of sp³-hybridized carbons (Fsp3) is 0.0444. The molecular formula is C45H31N3OS. The number of rotatable bonds is 5. The number of benzene rings is 7. The van der Waals surface area contributed by atoms with Crippen LogP contribution in [-0.4, -0.2) is 5.84 Å². The first-order chi connectivity index (χ1) is 24.8. The molecule has 7 aromatic carbocycles. The van der Waals surface area contributed by atoms with Crippen molar-refractivity contribution in [3.63, 3.8) is 0 Å². The van der Waals surface area contributed by atoms with E-state index in [1.54, 1.807) is 0 Å². The molecule has 0 bridgehead atoms. The summed E-state index contributed by atoms with van der Waals surface area (Å²) in [4.78, 5) is 5.34. The van der Waals surface area contributed by atoms with E-state index < -0.39 is 0 Å². The predicted octanol–water partition coefficient (Wildman–Crippen LogP) is 11.6. The van der Waals surface area contributed by atoms with Gasteiger partial charge in [0.2, 0.25) is 0 Å². The van der Waals surface area contributed by atoms with Gasteiger partial charge in [0.15, 0.2) is 0 Å². The predicted molar refractivity (Wildman–Crippen MR) is 209 cm³/mol. The summed E-state index contributed by atoms with van der Waals surface area (Å²) in [6, 6.07) is 57.8. The van der Waals surface area contributed by atoms with Gasteiger partial charge in [0.25, 0.3) is 0 Å². The normalized spacial score (nSPS) is 16.2. The van der Waals surface area contributed by atoms with E-state index in [0.717, 1.165) is 38.9 Å². The topological polar surface area (TPSA) is 49.6 Å². The Hall–Kier alpha value is -6.01. The van der Waals surface area contributed by atoms with Crippen LogP contribution in [0.1, 0.15) is 29.0 Å². The lowest BCUT2D eigenvalue weighted by Crippen LogP contribution is -2.45. The van der Waals surface area contributed by atoms with E-state index in [4.69, 9.17) is 9.41 Å². The minimum Gasteiger partial charge on any atom is -0.456 e. The number of nitrogens with zero attached hydrogens (tertiary/aromatic N) is 1. The second-order valence-corrected chi connectivity index (χ2v) is 13.8. The molecule has 0 radical (unpaired) electrons. The molecule has 0 saturated heterocycles. The molecule has 50 heavy (non-hydrogen) atoms. The number of hydrogen-bond acceptors (Lipinski definition) is 5. The summed E-state index contributed by atoms with van der Waals surface area (Å²) in [5, 5.41) is 12.5. The third kappa shape index (κ3) is 4.90. The molecule has 5 heteroatoms. The van der Waals surface area contributed by atoms with Gasteiger partial charge >= 0.3 is 0 Å². The highest BCUT2D eigenvalue weighted by Gasteiger charge is 2.28.